The van der Waals surface area contributed by atoms with E-state index in [0.717, 1.165) is 66.4 Å². The summed E-state index contributed by atoms with van der Waals surface area (Å²) in [6.45, 7) is 12.8. The number of rotatable bonds is 8. The number of nitrogens with zero attached hydrogens (tertiary/aromatic N) is 4. The van der Waals surface area contributed by atoms with E-state index < -0.39 is 5.97 Å². The molecular formula is C39H39Cl2N5O4. The summed E-state index contributed by atoms with van der Waals surface area (Å²) in [7, 11) is 1.92. The van der Waals surface area contributed by atoms with Crippen molar-refractivity contribution in [2.24, 2.45) is 7.05 Å². The lowest BCUT2D eigenvalue weighted by Crippen LogP contribution is -2.42. The molecule has 0 spiro atoms. The number of H-pyrrole nitrogens is 1. The third-order valence-electron chi connectivity index (χ3n) is 10.00. The number of nitrogens with one attached hydrogen (secondary N) is 1. The summed E-state index contributed by atoms with van der Waals surface area (Å²) >= 11 is 13.5. The molecule has 1 amide bonds. The molecule has 9 nitrogen and oxygen atoms in total. The van der Waals surface area contributed by atoms with Crippen LogP contribution in [-0.4, -0.2) is 49.5 Å². The number of fused-ring (bicyclic) bond motifs is 4. The number of hydrogen-bond acceptors (Lipinski definition) is 4. The molecule has 6 aromatic rings. The summed E-state index contributed by atoms with van der Waals surface area (Å²) in [6.07, 6.45) is 2.73. The van der Waals surface area contributed by atoms with E-state index in [4.69, 9.17) is 33.0 Å². The Kier molecular flexibility index (Phi) is 8.47. The monoisotopic (exact) mass is 711 g/mol. The smallest absolute Gasteiger partial charge is 0.337 e. The van der Waals surface area contributed by atoms with Gasteiger partial charge in [-0.3, -0.25) is 9.48 Å². The Bertz CT molecular complexity index is 2360. The lowest BCUT2D eigenvalue weighted by Gasteiger charge is -2.34. The van der Waals surface area contributed by atoms with Crippen molar-refractivity contribution in [2.45, 2.75) is 60.4 Å². The number of aryl methyl sites for hydroxylation is 6. The van der Waals surface area contributed by atoms with Crippen LogP contribution in [0.3, 0.4) is 0 Å². The third kappa shape index (κ3) is 5.34. The first-order valence-corrected chi connectivity index (χ1v) is 17.5. The largest absolute Gasteiger partial charge is 0.494 e. The van der Waals surface area contributed by atoms with E-state index in [-0.39, 0.29) is 17.5 Å². The van der Waals surface area contributed by atoms with Crippen molar-refractivity contribution in [1.82, 2.24) is 19.3 Å². The molecular weight excluding hydrogens is 673 g/mol. The Morgan fingerprint density at radius 2 is 1.76 bits per heavy atom. The van der Waals surface area contributed by atoms with Gasteiger partial charge in [0.15, 0.2) is 0 Å². The van der Waals surface area contributed by atoms with Crippen LogP contribution < -0.4 is 9.64 Å². The van der Waals surface area contributed by atoms with Crippen molar-refractivity contribution in [3.8, 4) is 16.9 Å². The van der Waals surface area contributed by atoms with Crippen molar-refractivity contribution in [3.05, 3.63) is 97.5 Å². The third-order valence-corrected chi connectivity index (χ3v) is 10.9. The second-order valence-corrected chi connectivity index (χ2v) is 14.3. The van der Waals surface area contributed by atoms with Crippen LogP contribution in [0, 0.1) is 34.6 Å². The number of amides is 1. The fourth-order valence-corrected chi connectivity index (χ4v) is 8.04. The lowest BCUT2D eigenvalue weighted by atomic mass is 9.98. The molecule has 0 saturated carbocycles. The zero-order chi connectivity index (χ0) is 35.8. The molecule has 1 atom stereocenters. The first-order chi connectivity index (χ1) is 23.8. The van der Waals surface area contributed by atoms with Gasteiger partial charge < -0.3 is 24.3 Å². The van der Waals surface area contributed by atoms with E-state index in [1.54, 1.807) is 4.90 Å². The average Bonchev–Trinajstić information content (AvgIpc) is 3.71. The number of aromatic amines is 1. The van der Waals surface area contributed by atoms with Gasteiger partial charge in [0, 0.05) is 58.4 Å². The SMILES string of the molecule is Cc1cc(N2C[C@@H](C)n3c(c(CCCOc4cc(C)c(Cl)c(C)c4)c4ccc(Cl)c(-c5c(C)nn(C)c5C)c43)C2=O)c2[nH]cc(C(=O)O)c2c1. The first-order valence-electron chi connectivity index (χ1n) is 16.7. The molecule has 50 heavy (non-hydrogen) atoms. The second kappa shape index (κ2) is 12.5. The van der Waals surface area contributed by atoms with Crippen LogP contribution in [0.4, 0.5) is 5.69 Å². The molecule has 0 bridgehead atoms. The highest BCUT2D eigenvalue weighted by atomic mass is 35.5. The molecule has 11 heteroatoms. The van der Waals surface area contributed by atoms with E-state index in [1.807, 2.05) is 82.7 Å². The number of aromatic nitrogens is 4. The Morgan fingerprint density at radius 1 is 1.04 bits per heavy atom. The minimum absolute atomic E-state index is 0.144. The Morgan fingerprint density at radius 3 is 2.42 bits per heavy atom. The minimum atomic E-state index is -1.02. The van der Waals surface area contributed by atoms with Gasteiger partial charge in [0.2, 0.25) is 0 Å². The number of halogens is 2. The summed E-state index contributed by atoms with van der Waals surface area (Å²) in [5.41, 5.74) is 10.3. The van der Waals surface area contributed by atoms with Crippen molar-refractivity contribution >= 4 is 62.6 Å². The molecule has 3 aromatic carbocycles. The van der Waals surface area contributed by atoms with Crippen molar-refractivity contribution in [1.29, 1.82) is 0 Å². The number of hydrogen-bond donors (Lipinski definition) is 2. The van der Waals surface area contributed by atoms with Crippen LogP contribution in [0.25, 0.3) is 32.9 Å². The van der Waals surface area contributed by atoms with Gasteiger partial charge in [0.1, 0.15) is 11.4 Å². The molecule has 4 heterocycles. The number of benzene rings is 3. The Balaban J connectivity index is 1.38. The molecule has 0 saturated heterocycles. The number of carbonyl (C=O) groups is 2. The molecule has 2 N–H and O–H groups in total. The number of carboxylic acid groups (broad SMARTS) is 1. The number of carboxylic acids is 1. The summed E-state index contributed by atoms with van der Waals surface area (Å²) in [6, 6.07) is 11.5. The Labute approximate surface area is 300 Å². The molecule has 0 unspecified atom stereocenters. The normalized spacial score (nSPS) is 14.6. The summed E-state index contributed by atoms with van der Waals surface area (Å²) < 4.78 is 10.2. The maximum atomic E-state index is 15.0. The standard InChI is InChI=1S/C39H39Cl2N5O4/c1-19-13-28-29(39(48)49)17-42-35(28)31(14-19)45-18-22(4)46-36-27(10-11-30(40)33(36)32-23(5)43-44(7)24(32)6)26(37(46)38(45)47)9-8-12-50-25-15-20(2)34(41)21(3)16-25/h10-11,13-17,22,42H,8-9,12,18H2,1-7H3,(H,48,49)/t22-/m1/s1. The maximum Gasteiger partial charge on any atom is 0.337 e. The number of anilines is 1. The van der Waals surface area contributed by atoms with Crippen molar-refractivity contribution in [2.75, 3.05) is 18.1 Å². The average molecular weight is 713 g/mol. The van der Waals surface area contributed by atoms with Crippen molar-refractivity contribution in [3.63, 3.8) is 0 Å². The van der Waals surface area contributed by atoms with Gasteiger partial charge in [-0.2, -0.15) is 5.10 Å². The fourth-order valence-electron chi connectivity index (χ4n) is 7.68. The topological polar surface area (TPSA) is 105 Å². The highest BCUT2D eigenvalue weighted by molar-refractivity contribution is 6.35. The molecule has 1 aliphatic rings. The lowest BCUT2D eigenvalue weighted by molar-refractivity contribution is 0.0698. The highest BCUT2D eigenvalue weighted by Gasteiger charge is 2.37. The van der Waals surface area contributed by atoms with Gasteiger partial charge in [0.05, 0.1) is 39.6 Å². The van der Waals surface area contributed by atoms with Gasteiger partial charge in [-0.1, -0.05) is 29.3 Å². The maximum absolute atomic E-state index is 15.0. The van der Waals surface area contributed by atoms with Gasteiger partial charge in [0.25, 0.3) is 5.91 Å². The van der Waals surface area contributed by atoms with E-state index in [0.29, 0.717) is 53.3 Å². The summed E-state index contributed by atoms with van der Waals surface area (Å²) in [4.78, 5) is 32.0. The zero-order valence-electron chi connectivity index (χ0n) is 29.2. The van der Waals surface area contributed by atoms with E-state index in [2.05, 4.69) is 16.5 Å². The molecule has 0 aliphatic carbocycles. The Hall–Kier alpha value is -4.73. The van der Waals surface area contributed by atoms with Gasteiger partial charge >= 0.3 is 5.97 Å². The summed E-state index contributed by atoms with van der Waals surface area (Å²) in [5.74, 6) is -0.417. The predicted molar refractivity (Wildman–Crippen MR) is 200 cm³/mol. The second-order valence-electron chi connectivity index (χ2n) is 13.5. The van der Waals surface area contributed by atoms with Gasteiger partial charge in [-0.15, -0.1) is 0 Å². The van der Waals surface area contributed by atoms with E-state index in [1.165, 1.54) is 6.20 Å². The van der Waals surface area contributed by atoms with Crippen LogP contribution in [0.15, 0.2) is 42.6 Å². The van der Waals surface area contributed by atoms with Crippen LogP contribution in [0.2, 0.25) is 10.0 Å². The molecule has 0 fully saturated rings. The van der Waals surface area contributed by atoms with E-state index in [9.17, 15) is 14.7 Å². The number of carbonyl (C=O) groups excluding carboxylic acids is 1. The summed E-state index contributed by atoms with van der Waals surface area (Å²) in [5, 5.41) is 17.4. The molecule has 1 aliphatic heterocycles. The fraction of sp³-hybridized carbons (Fsp3) is 0.308. The first kappa shape index (κ1) is 33.8. The van der Waals surface area contributed by atoms with Crippen LogP contribution in [0.1, 0.15) is 73.9 Å². The molecule has 3 aromatic heterocycles. The predicted octanol–water partition coefficient (Wildman–Crippen LogP) is 9.30. The van der Waals surface area contributed by atoms with E-state index >= 15 is 0 Å². The highest BCUT2D eigenvalue weighted by Crippen LogP contribution is 2.45. The molecule has 258 valence electrons. The number of ether oxygens (including phenoxy) is 1. The minimum Gasteiger partial charge on any atom is -0.494 e. The quantitative estimate of drug-likeness (QED) is 0.153. The van der Waals surface area contributed by atoms with Crippen LogP contribution >= 0.6 is 23.2 Å². The number of aromatic carboxylic acids is 1. The van der Waals surface area contributed by atoms with Gasteiger partial charge in [-0.25, -0.2) is 4.79 Å². The van der Waals surface area contributed by atoms with Gasteiger partial charge in [-0.05, 0) is 107 Å². The molecule has 0 radical (unpaired) electrons. The zero-order valence-corrected chi connectivity index (χ0v) is 30.7. The van der Waals surface area contributed by atoms with Crippen molar-refractivity contribution < 1.29 is 19.4 Å². The van der Waals surface area contributed by atoms with Crippen LogP contribution in [0.5, 0.6) is 5.75 Å². The van der Waals surface area contributed by atoms with Crippen LogP contribution in [-0.2, 0) is 13.5 Å². The molecule has 7 rings (SSSR count).